The molecule has 0 saturated heterocycles. The van der Waals surface area contributed by atoms with Crippen molar-refractivity contribution in [3.8, 4) is 5.75 Å². The molecule has 8 heteroatoms. The lowest BCUT2D eigenvalue weighted by Crippen LogP contribution is -2.18. The fraction of sp³-hybridized carbons (Fsp3) is 0.417. The van der Waals surface area contributed by atoms with Crippen molar-refractivity contribution in [2.75, 3.05) is 6.61 Å². The van der Waals surface area contributed by atoms with E-state index in [0.29, 0.717) is 12.1 Å². The molecule has 0 spiro atoms. The third-order valence-corrected chi connectivity index (χ3v) is 2.23. The van der Waals surface area contributed by atoms with Gasteiger partial charge in [-0.15, -0.1) is 13.2 Å². The van der Waals surface area contributed by atoms with Crippen molar-refractivity contribution in [1.82, 2.24) is 0 Å². The maximum Gasteiger partial charge on any atom is 0.573 e. The molecule has 0 saturated carbocycles. The largest absolute Gasteiger partial charge is 0.573 e. The van der Waals surface area contributed by atoms with Crippen molar-refractivity contribution in [3.63, 3.8) is 0 Å². The van der Waals surface area contributed by atoms with Gasteiger partial charge in [-0.2, -0.15) is 0 Å². The standard InChI is InChI=1S/C12H12F4O4/c1-2-19-11(18)6-10(17)8-5-7(3-4-9(8)13)20-12(14,15)16/h3-5,10,17H,2,6H2,1H3. The van der Waals surface area contributed by atoms with E-state index in [0.717, 1.165) is 6.07 Å². The van der Waals surface area contributed by atoms with E-state index in [4.69, 9.17) is 0 Å². The van der Waals surface area contributed by atoms with Gasteiger partial charge in [-0.1, -0.05) is 0 Å². The summed E-state index contributed by atoms with van der Waals surface area (Å²) in [7, 11) is 0. The van der Waals surface area contributed by atoms with Crippen LogP contribution >= 0.6 is 0 Å². The van der Waals surface area contributed by atoms with E-state index in [-0.39, 0.29) is 6.61 Å². The average molecular weight is 296 g/mol. The molecule has 0 aromatic heterocycles. The van der Waals surface area contributed by atoms with Crippen LogP contribution in [-0.2, 0) is 9.53 Å². The molecule has 0 aliphatic rings. The number of carbonyl (C=O) groups is 1. The second kappa shape index (κ2) is 6.56. The number of rotatable bonds is 5. The second-order valence-electron chi connectivity index (χ2n) is 3.76. The molecule has 1 aromatic carbocycles. The van der Waals surface area contributed by atoms with Crippen LogP contribution in [0.15, 0.2) is 18.2 Å². The van der Waals surface area contributed by atoms with Crippen LogP contribution in [0.5, 0.6) is 5.75 Å². The van der Waals surface area contributed by atoms with Crippen molar-refractivity contribution in [3.05, 3.63) is 29.6 Å². The second-order valence-corrected chi connectivity index (χ2v) is 3.76. The van der Waals surface area contributed by atoms with E-state index in [1.165, 1.54) is 0 Å². The number of halogens is 4. The molecular weight excluding hydrogens is 284 g/mol. The Morgan fingerprint density at radius 1 is 1.40 bits per heavy atom. The number of ether oxygens (including phenoxy) is 2. The fourth-order valence-electron chi connectivity index (χ4n) is 1.46. The molecule has 0 aliphatic heterocycles. The molecule has 0 heterocycles. The van der Waals surface area contributed by atoms with Gasteiger partial charge in [0, 0.05) is 5.56 Å². The van der Waals surface area contributed by atoms with Gasteiger partial charge in [0.15, 0.2) is 0 Å². The average Bonchev–Trinajstić information content (AvgIpc) is 2.30. The molecule has 4 nitrogen and oxygen atoms in total. The zero-order chi connectivity index (χ0) is 15.3. The third kappa shape index (κ3) is 5.04. The lowest BCUT2D eigenvalue weighted by Gasteiger charge is -2.14. The van der Waals surface area contributed by atoms with E-state index in [1.807, 2.05) is 0 Å². The van der Waals surface area contributed by atoms with E-state index in [9.17, 15) is 27.5 Å². The van der Waals surface area contributed by atoms with E-state index in [1.54, 1.807) is 6.92 Å². The molecule has 0 amide bonds. The maximum atomic E-state index is 13.4. The highest BCUT2D eigenvalue weighted by Crippen LogP contribution is 2.28. The van der Waals surface area contributed by atoms with Crippen LogP contribution < -0.4 is 4.74 Å². The Kier molecular flexibility index (Phi) is 5.32. The zero-order valence-corrected chi connectivity index (χ0v) is 10.4. The molecule has 0 fully saturated rings. The first kappa shape index (κ1) is 16.2. The first-order chi connectivity index (χ1) is 9.23. The number of aliphatic hydroxyl groups excluding tert-OH is 1. The lowest BCUT2D eigenvalue weighted by atomic mass is 10.1. The minimum absolute atomic E-state index is 0.0747. The topological polar surface area (TPSA) is 55.8 Å². The quantitative estimate of drug-likeness (QED) is 0.670. The summed E-state index contributed by atoms with van der Waals surface area (Å²) in [5.41, 5.74) is -0.472. The number of hydrogen-bond acceptors (Lipinski definition) is 4. The summed E-state index contributed by atoms with van der Waals surface area (Å²) in [5, 5.41) is 9.64. The number of hydrogen-bond donors (Lipinski definition) is 1. The van der Waals surface area contributed by atoms with Crippen LogP contribution in [0.3, 0.4) is 0 Å². The fourth-order valence-corrected chi connectivity index (χ4v) is 1.46. The first-order valence-corrected chi connectivity index (χ1v) is 5.61. The number of esters is 1. The Bertz CT molecular complexity index is 473. The summed E-state index contributed by atoms with van der Waals surface area (Å²) in [4.78, 5) is 11.1. The third-order valence-electron chi connectivity index (χ3n) is 2.23. The number of alkyl halides is 3. The highest BCUT2D eigenvalue weighted by molar-refractivity contribution is 5.70. The number of carbonyl (C=O) groups excluding carboxylic acids is 1. The maximum absolute atomic E-state index is 13.4. The monoisotopic (exact) mass is 296 g/mol. The molecule has 0 aliphatic carbocycles. The molecule has 1 unspecified atom stereocenters. The van der Waals surface area contributed by atoms with E-state index < -0.39 is 42.0 Å². The Morgan fingerprint density at radius 2 is 2.05 bits per heavy atom. The predicted octanol–water partition coefficient (Wildman–Crippen LogP) is 2.71. The Balaban J connectivity index is 2.87. The molecule has 0 bridgehead atoms. The van der Waals surface area contributed by atoms with Crippen LogP contribution in [0, 0.1) is 5.82 Å². The number of benzene rings is 1. The molecule has 112 valence electrons. The van der Waals surface area contributed by atoms with Gasteiger partial charge in [-0.25, -0.2) is 4.39 Å². The number of aliphatic hydroxyl groups is 1. The van der Waals surface area contributed by atoms with Crippen LogP contribution in [0.1, 0.15) is 25.0 Å². The van der Waals surface area contributed by atoms with Crippen LogP contribution in [0.4, 0.5) is 17.6 Å². The molecular formula is C12H12F4O4. The van der Waals surface area contributed by atoms with Crippen molar-refractivity contribution >= 4 is 5.97 Å². The summed E-state index contributed by atoms with van der Waals surface area (Å²) in [6.07, 6.45) is -7.12. The van der Waals surface area contributed by atoms with Gasteiger partial charge >= 0.3 is 12.3 Å². The van der Waals surface area contributed by atoms with E-state index in [2.05, 4.69) is 9.47 Å². The Labute approximate surface area is 111 Å². The molecule has 20 heavy (non-hydrogen) atoms. The van der Waals surface area contributed by atoms with Gasteiger partial charge in [0.25, 0.3) is 0 Å². The van der Waals surface area contributed by atoms with Crippen molar-refractivity contribution in [2.24, 2.45) is 0 Å². The smallest absolute Gasteiger partial charge is 0.466 e. The Hall–Kier alpha value is -1.83. The van der Waals surface area contributed by atoms with Gasteiger partial charge in [0.1, 0.15) is 11.6 Å². The van der Waals surface area contributed by atoms with Crippen LogP contribution in [-0.4, -0.2) is 24.0 Å². The minimum Gasteiger partial charge on any atom is -0.466 e. The molecule has 1 N–H and O–H groups in total. The summed E-state index contributed by atoms with van der Waals surface area (Å²) >= 11 is 0. The molecule has 1 aromatic rings. The normalized spacial score (nSPS) is 12.9. The summed E-state index contributed by atoms with van der Waals surface area (Å²) in [6.45, 7) is 1.62. The Morgan fingerprint density at radius 3 is 2.60 bits per heavy atom. The van der Waals surface area contributed by atoms with Gasteiger partial charge in [0.2, 0.25) is 0 Å². The first-order valence-electron chi connectivity index (χ1n) is 5.61. The van der Waals surface area contributed by atoms with Gasteiger partial charge in [-0.3, -0.25) is 4.79 Å². The molecule has 1 atom stereocenters. The SMILES string of the molecule is CCOC(=O)CC(O)c1cc(OC(F)(F)F)ccc1F. The van der Waals surface area contributed by atoms with Crippen LogP contribution in [0.25, 0.3) is 0 Å². The lowest BCUT2D eigenvalue weighted by molar-refractivity contribution is -0.274. The highest BCUT2D eigenvalue weighted by Gasteiger charge is 2.31. The minimum atomic E-state index is -4.93. The molecule has 1 rings (SSSR count). The van der Waals surface area contributed by atoms with Crippen LogP contribution in [0.2, 0.25) is 0 Å². The summed E-state index contributed by atoms with van der Waals surface area (Å²) in [6, 6.07) is 2.17. The van der Waals surface area contributed by atoms with Crippen molar-refractivity contribution in [1.29, 1.82) is 0 Å². The van der Waals surface area contributed by atoms with Gasteiger partial charge in [-0.05, 0) is 25.1 Å². The molecule has 0 radical (unpaired) electrons. The summed E-state index contributed by atoms with van der Waals surface area (Å²) < 4.78 is 57.7. The predicted molar refractivity (Wildman–Crippen MR) is 59.3 cm³/mol. The van der Waals surface area contributed by atoms with Gasteiger partial charge < -0.3 is 14.6 Å². The zero-order valence-electron chi connectivity index (χ0n) is 10.4. The summed E-state index contributed by atoms with van der Waals surface area (Å²) in [5.74, 6) is -2.42. The van der Waals surface area contributed by atoms with Crippen molar-refractivity contribution in [2.45, 2.75) is 25.8 Å². The highest BCUT2D eigenvalue weighted by atomic mass is 19.4. The van der Waals surface area contributed by atoms with E-state index >= 15 is 0 Å². The van der Waals surface area contributed by atoms with Crippen molar-refractivity contribution < 1.29 is 36.9 Å². The van der Waals surface area contributed by atoms with Gasteiger partial charge in [0.05, 0.1) is 19.1 Å².